The van der Waals surface area contributed by atoms with Gasteiger partial charge in [-0.15, -0.1) is 0 Å². The minimum absolute atomic E-state index is 0.0670. The maximum atomic E-state index is 12.2. The molecule has 0 unspecified atom stereocenters. The van der Waals surface area contributed by atoms with Crippen molar-refractivity contribution in [2.24, 2.45) is 0 Å². The number of nitrogens with one attached hydrogen (secondary N) is 1. The fourth-order valence-corrected chi connectivity index (χ4v) is 2.89. The van der Waals surface area contributed by atoms with E-state index in [9.17, 15) is 4.79 Å². The Morgan fingerprint density at radius 1 is 1.27 bits per heavy atom. The lowest BCUT2D eigenvalue weighted by Gasteiger charge is -2.09. The molecule has 1 aromatic heterocycles. The van der Waals surface area contributed by atoms with Crippen LogP contribution in [0.15, 0.2) is 46.5 Å². The molecule has 0 fully saturated rings. The van der Waals surface area contributed by atoms with E-state index in [2.05, 4.69) is 36.3 Å². The minimum Gasteiger partial charge on any atom is -0.396 e. The van der Waals surface area contributed by atoms with E-state index in [1.807, 2.05) is 6.07 Å². The molecule has 0 aliphatic heterocycles. The van der Waals surface area contributed by atoms with Crippen molar-refractivity contribution in [2.75, 3.05) is 13.2 Å². The van der Waals surface area contributed by atoms with Crippen LogP contribution in [0.3, 0.4) is 0 Å². The van der Waals surface area contributed by atoms with Crippen LogP contribution in [0.5, 0.6) is 0 Å². The predicted octanol–water partition coefficient (Wildman–Crippen LogP) is 2.96. The lowest BCUT2D eigenvalue weighted by atomic mass is 10.1. The number of hydrogen-bond acceptors (Lipinski definition) is 4. The Labute approximate surface area is 135 Å². The third-order valence-corrected chi connectivity index (χ3v) is 4.34. The van der Waals surface area contributed by atoms with Crippen molar-refractivity contribution >= 4 is 17.7 Å². The molecule has 22 heavy (non-hydrogen) atoms. The molecule has 0 aliphatic rings. The van der Waals surface area contributed by atoms with Gasteiger partial charge in [-0.05, 0) is 55.7 Å². The summed E-state index contributed by atoms with van der Waals surface area (Å²) in [7, 11) is 0. The number of pyridine rings is 1. The number of amides is 1. The zero-order valence-corrected chi connectivity index (χ0v) is 13.6. The van der Waals surface area contributed by atoms with Crippen LogP contribution in [0, 0.1) is 13.8 Å². The molecule has 0 atom stereocenters. The highest BCUT2D eigenvalue weighted by molar-refractivity contribution is 7.99. The highest BCUT2D eigenvalue weighted by atomic mass is 32.2. The van der Waals surface area contributed by atoms with Gasteiger partial charge in [0.25, 0.3) is 5.91 Å². The van der Waals surface area contributed by atoms with Crippen molar-refractivity contribution in [3.05, 3.63) is 53.2 Å². The molecule has 0 aliphatic carbocycles. The molecule has 5 heteroatoms. The van der Waals surface area contributed by atoms with E-state index >= 15 is 0 Å². The number of rotatable bonds is 6. The van der Waals surface area contributed by atoms with E-state index in [1.165, 1.54) is 22.9 Å². The lowest BCUT2D eigenvalue weighted by molar-refractivity contribution is 0.0947. The van der Waals surface area contributed by atoms with Crippen LogP contribution < -0.4 is 5.32 Å². The van der Waals surface area contributed by atoms with Crippen molar-refractivity contribution in [1.29, 1.82) is 0 Å². The first-order valence-corrected chi connectivity index (χ1v) is 8.02. The number of nitrogens with zero attached hydrogens (tertiary/aromatic N) is 1. The topological polar surface area (TPSA) is 62.2 Å². The molecule has 1 aromatic carbocycles. The Kier molecular flexibility index (Phi) is 5.98. The molecule has 116 valence electrons. The third kappa shape index (κ3) is 4.32. The number of aryl methyl sites for hydroxylation is 2. The quantitative estimate of drug-likeness (QED) is 0.804. The van der Waals surface area contributed by atoms with Gasteiger partial charge in [0.15, 0.2) is 0 Å². The van der Waals surface area contributed by atoms with Gasteiger partial charge in [-0.3, -0.25) is 4.79 Å². The van der Waals surface area contributed by atoms with Crippen molar-refractivity contribution in [1.82, 2.24) is 10.3 Å². The van der Waals surface area contributed by atoms with Gasteiger partial charge in [0.2, 0.25) is 0 Å². The van der Waals surface area contributed by atoms with Crippen molar-refractivity contribution < 1.29 is 9.90 Å². The van der Waals surface area contributed by atoms with Gasteiger partial charge < -0.3 is 10.4 Å². The first-order valence-electron chi connectivity index (χ1n) is 7.21. The van der Waals surface area contributed by atoms with Crippen LogP contribution in [-0.2, 0) is 0 Å². The number of aliphatic hydroxyl groups excluding tert-OH is 1. The number of aromatic nitrogens is 1. The first kappa shape index (κ1) is 16.5. The second-order valence-corrected chi connectivity index (χ2v) is 6.10. The number of carbonyl (C=O) groups excluding carboxylic acids is 1. The van der Waals surface area contributed by atoms with Gasteiger partial charge in [0.1, 0.15) is 5.03 Å². The SMILES string of the molecule is Cc1ccc(Sc2ncccc2C(=O)NCCCO)cc1C. The van der Waals surface area contributed by atoms with Gasteiger partial charge >= 0.3 is 0 Å². The molecule has 1 heterocycles. The number of aliphatic hydroxyl groups is 1. The highest BCUT2D eigenvalue weighted by Crippen LogP contribution is 2.29. The van der Waals surface area contributed by atoms with Gasteiger partial charge in [0, 0.05) is 24.2 Å². The molecule has 0 bridgehead atoms. The zero-order valence-electron chi connectivity index (χ0n) is 12.8. The predicted molar refractivity (Wildman–Crippen MR) is 88.3 cm³/mol. The monoisotopic (exact) mass is 316 g/mol. The Bertz CT molecular complexity index is 659. The number of hydrogen-bond donors (Lipinski definition) is 2. The van der Waals surface area contributed by atoms with Gasteiger partial charge in [-0.25, -0.2) is 4.98 Å². The summed E-state index contributed by atoms with van der Waals surface area (Å²) in [5.41, 5.74) is 3.02. The smallest absolute Gasteiger partial charge is 0.254 e. The fourth-order valence-electron chi connectivity index (χ4n) is 1.91. The molecular weight excluding hydrogens is 296 g/mol. The molecule has 4 nitrogen and oxygen atoms in total. The summed E-state index contributed by atoms with van der Waals surface area (Å²) < 4.78 is 0. The third-order valence-electron chi connectivity index (χ3n) is 3.33. The second kappa shape index (κ2) is 7.96. The average Bonchev–Trinajstić information content (AvgIpc) is 2.51. The van der Waals surface area contributed by atoms with Crippen LogP contribution in [0.1, 0.15) is 27.9 Å². The Balaban J connectivity index is 2.17. The van der Waals surface area contributed by atoms with Crippen molar-refractivity contribution in [3.8, 4) is 0 Å². The summed E-state index contributed by atoms with van der Waals surface area (Å²) in [6.45, 7) is 4.67. The molecule has 2 aromatic rings. The highest BCUT2D eigenvalue weighted by Gasteiger charge is 2.13. The number of carbonyl (C=O) groups is 1. The minimum atomic E-state index is -0.159. The van der Waals surface area contributed by atoms with E-state index in [4.69, 9.17) is 5.11 Å². The standard InChI is InChI=1S/C17H20N2O2S/c1-12-6-7-14(11-13(12)2)22-17-15(5-3-8-19-17)16(21)18-9-4-10-20/h3,5-8,11,20H,4,9-10H2,1-2H3,(H,18,21). The van der Waals surface area contributed by atoms with E-state index in [1.54, 1.807) is 18.3 Å². The van der Waals surface area contributed by atoms with Crippen LogP contribution >= 0.6 is 11.8 Å². The Morgan fingerprint density at radius 3 is 2.82 bits per heavy atom. The summed E-state index contributed by atoms with van der Waals surface area (Å²) in [4.78, 5) is 17.6. The molecular formula is C17H20N2O2S. The normalized spacial score (nSPS) is 10.5. The summed E-state index contributed by atoms with van der Waals surface area (Å²) >= 11 is 1.48. The summed E-state index contributed by atoms with van der Waals surface area (Å²) in [6, 6.07) is 9.73. The summed E-state index contributed by atoms with van der Waals surface area (Å²) in [5.74, 6) is -0.159. The first-order chi connectivity index (χ1) is 10.6. The molecule has 0 saturated heterocycles. The average molecular weight is 316 g/mol. The molecule has 0 spiro atoms. The molecule has 0 saturated carbocycles. The van der Waals surface area contributed by atoms with Gasteiger partial charge in [-0.1, -0.05) is 17.8 Å². The van der Waals surface area contributed by atoms with Crippen molar-refractivity contribution in [2.45, 2.75) is 30.2 Å². The maximum absolute atomic E-state index is 12.2. The number of benzene rings is 1. The second-order valence-electron chi connectivity index (χ2n) is 5.04. The maximum Gasteiger partial charge on any atom is 0.254 e. The van der Waals surface area contributed by atoms with E-state index in [0.717, 1.165) is 4.90 Å². The van der Waals surface area contributed by atoms with E-state index in [-0.39, 0.29) is 12.5 Å². The van der Waals surface area contributed by atoms with Crippen LogP contribution in [-0.4, -0.2) is 29.1 Å². The summed E-state index contributed by atoms with van der Waals surface area (Å²) in [5, 5.41) is 12.3. The fraction of sp³-hybridized carbons (Fsp3) is 0.294. The van der Waals surface area contributed by atoms with Crippen molar-refractivity contribution in [3.63, 3.8) is 0 Å². The molecule has 1 amide bonds. The molecule has 2 rings (SSSR count). The Hall–Kier alpha value is -1.85. The van der Waals surface area contributed by atoms with Crippen LogP contribution in [0.4, 0.5) is 0 Å². The van der Waals surface area contributed by atoms with Gasteiger partial charge in [0.05, 0.1) is 5.56 Å². The molecule has 0 radical (unpaired) electrons. The van der Waals surface area contributed by atoms with E-state index < -0.39 is 0 Å². The van der Waals surface area contributed by atoms with Crippen LogP contribution in [0.25, 0.3) is 0 Å². The summed E-state index contributed by atoms with van der Waals surface area (Å²) in [6.07, 6.45) is 2.24. The molecule has 2 N–H and O–H groups in total. The van der Waals surface area contributed by atoms with Gasteiger partial charge in [-0.2, -0.15) is 0 Å². The van der Waals surface area contributed by atoms with Crippen LogP contribution in [0.2, 0.25) is 0 Å². The largest absolute Gasteiger partial charge is 0.396 e. The Morgan fingerprint density at radius 2 is 2.09 bits per heavy atom. The lowest BCUT2D eigenvalue weighted by Crippen LogP contribution is -2.25. The zero-order chi connectivity index (χ0) is 15.9. The van der Waals surface area contributed by atoms with E-state index in [0.29, 0.717) is 23.6 Å².